The molecule has 69 valence electrons. The Kier molecular flexibility index (Phi) is 5.54. The molecule has 0 aliphatic heterocycles. The van der Waals surface area contributed by atoms with Gasteiger partial charge in [0, 0.05) is 34.8 Å². The Hall–Kier alpha value is 0.960. The van der Waals surface area contributed by atoms with Crippen molar-refractivity contribution in [3.8, 4) is 0 Å². The first-order valence-corrected chi connectivity index (χ1v) is 5.86. The molecule has 0 aliphatic rings. The quantitative estimate of drug-likeness (QED) is 0.694. The van der Waals surface area contributed by atoms with Crippen LogP contribution in [0.1, 0.15) is 0 Å². The van der Waals surface area contributed by atoms with Gasteiger partial charge in [-0.2, -0.15) is 8.42 Å². The van der Waals surface area contributed by atoms with Gasteiger partial charge in [-0.3, -0.25) is 4.55 Å². The molecular formula is C6H4Br2InO3S. The van der Waals surface area contributed by atoms with E-state index < -0.39 is 10.1 Å². The molecule has 0 unspecified atom stereocenters. The molecule has 3 radical (unpaired) electrons. The van der Waals surface area contributed by atoms with Gasteiger partial charge < -0.3 is 0 Å². The predicted molar refractivity (Wildman–Crippen MR) is 57.4 cm³/mol. The van der Waals surface area contributed by atoms with Crippen molar-refractivity contribution in [2.45, 2.75) is 4.90 Å². The summed E-state index contributed by atoms with van der Waals surface area (Å²) in [5, 5.41) is 0. The Balaban J connectivity index is 0.00000144. The Morgan fingerprint density at radius 1 is 1.23 bits per heavy atom. The monoisotopic (exact) mass is 429 g/mol. The standard InChI is InChI=1S/C6H4Br2O3S.In/c7-4-1-2-5(8)6(3-4)12(9,10)11;/h1-3H,(H,9,10,11);. The second kappa shape index (κ2) is 5.16. The SMILES string of the molecule is O=S(=O)(O)c1cc(Br)ccc1Br.[In]. The summed E-state index contributed by atoms with van der Waals surface area (Å²) < 4.78 is 31.1. The first-order chi connectivity index (χ1) is 5.41. The van der Waals surface area contributed by atoms with Crippen LogP contribution >= 0.6 is 31.9 Å². The van der Waals surface area contributed by atoms with Crippen molar-refractivity contribution < 1.29 is 13.0 Å². The molecule has 0 spiro atoms. The number of rotatable bonds is 1. The van der Waals surface area contributed by atoms with Gasteiger partial charge in [0.1, 0.15) is 4.90 Å². The van der Waals surface area contributed by atoms with E-state index in [-0.39, 0.29) is 30.7 Å². The zero-order valence-corrected chi connectivity index (χ0v) is 13.5. The van der Waals surface area contributed by atoms with Crippen LogP contribution in [-0.4, -0.2) is 38.8 Å². The summed E-state index contributed by atoms with van der Waals surface area (Å²) in [4.78, 5) is -0.142. The Bertz CT molecular complexity index is 404. The van der Waals surface area contributed by atoms with Gasteiger partial charge in [0.25, 0.3) is 10.1 Å². The Labute approximate surface area is 112 Å². The maximum absolute atomic E-state index is 10.7. The van der Waals surface area contributed by atoms with Crippen LogP contribution in [0.2, 0.25) is 0 Å². The van der Waals surface area contributed by atoms with Crippen LogP contribution < -0.4 is 0 Å². The first kappa shape index (κ1) is 14.0. The second-order valence-corrected chi connectivity index (χ2v) is 5.21. The van der Waals surface area contributed by atoms with Crippen LogP contribution in [0, 0.1) is 0 Å². The van der Waals surface area contributed by atoms with Gasteiger partial charge in [-0.25, -0.2) is 0 Å². The smallest absolute Gasteiger partial charge is 0.282 e. The van der Waals surface area contributed by atoms with Gasteiger partial charge in [-0.15, -0.1) is 0 Å². The van der Waals surface area contributed by atoms with Crippen molar-refractivity contribution in [2.24, 2.45) is 0 Å². The molecule has 0 bridgehead atoms. The summed E-state index contributed by atoms with van der Waals surface area (Å²) in [5.74, 6) is 0. The van der Waals surface area contributed by atoms with E-state index in [1.807, 2.05) is 0 Å². The fourth-order valence-corrected chi connectivity index (χ4v) is 2.64. The summed E-state index contributed by atoms with van der Waals surface area (Å²) in [6, 6.07) is 4.52. The Morgan fingerprint density at radius 3 is 2.15 bits per heavy atom. The molecule has 0 aromatic heterocycles. The molecule has 13 heavy (non-hydrogen) atoms. The third kappa shape index (κ3) is 3.91. The number of hydrogen-bond acceptors (Lipinski definition) is 2. The molecule has 0 aliphatic carbocycles. The van der Waals surface area contributed by atoms with Gasteiger partial charge in [-0.1, -0.05) is 15.9 Å². The van der Waals surface area contributed by atoms with Gasteiger partial charge in [0.15, 0.2) is 0 Å². The van der Waals surface area contributed by atoms with E-state index in [0.717, 1.165) is 0 Å². The van der Waals surface area contributed by atoms with Crippen LogP contribution in [0.15, 0.2) is 32.0 Å². The van der Waals surface area contributed by atoms with Gasteiger partial charge in [-0.05, 0) is 34.1 Å². The van der Waals surface area contributed by atoms with E-state index in [0.29, 0.717) is 8.95 Å². The third-order valence-electron chi connectivity index (χ3n) is 1.17. The summed E-state index contributed by atoms with van der Waals surface area (Å²) in [6.45, 7) is 0. The van der Waals surface area contributed by atoms with Crippen LogP contribution in [0.25, 0.3) is 0 Å². The van der Waals surface area contributed by atoms with Crippen molar-refractivity contribution in [3.63, 3.8) is 0 Å². The summed E-state index contributed by atoms with van der Waals surface area (Å²) in [7, 11) is -4.13. The summed E-state index contributed by atoms with van der Waals surface area (Å²) in [5.41, 5.74) is 0. The molecule has 1 aromatic rings. The van der Waals surface area contributed by atoms with Crippen LogP contribution in [0.3, 0.4) is 0 Å². The molecule has 0 saturated carbocycles. The largest absolute Gasteiger partial charge is 0.295 e. The molecular weight excluding hydrogens is 427 g/mol. The van der Waals surface area contributed by atoms with E-state index in [1.54, 1.807) is 6.07 Å². The van der Waals surface area contributed by atoms with Crippen molar-refractivity contribution in [3.05, 3.63) is 27.1 Å². The molecule has 3 nitrogen and oxygen atoms in total. The number of halogens is 2. The third-order valence-corrected chi connectivity index (χ3v) is 3.51. The molecule has 1 N–H and O–H groups in total. The summed E-state index contributed by atoms with van der Waals surface area (Å²) >= 11 is 6.10. The first-order valence-electron chi connectivity index (χ1n) is 2.84. The predicted octanol–water partition coefficient (Wildman–Crippen LogP) is 2.08. The van der Waals surface area contributed by atoms with Crippen molar-refractivity contribution in [1.29, 1.82) is 0 Å². The minimum Gasteiger partial charge on any atom is -0.282 e. The molecule has 0 heterocycles. The average Bonchev–Trinajstić information content (AvgIpc) is 1.92. The molecule has 1 aromatic carbocycles. The molecule has 0 atom stereocenters. The van der Waals surface area contributed by atoms with Crippen LogP contribution in [0.4, 0.5) is 0 Å². The maximum Gasteiger partial charge on any atom is 0.295 e. The number of benzene rings is 1. The minimum absolute atomic E-state index is 0. The average molecular weight is 431 g/mol. The van der Waals surface area contributed by atoms with E-state index in [9.17, 15) is 8.42 Å². The molecule has 1 rings (SSSR count). The second-order valence-electron chi connectivity index (χ2n) is 2.05. The summed E-state index contributed by atoms with van der Waals surface area (Å²) in [6.07, 6.45) is 0. The zero-order chi connectivity index (χ0) is 9.35. The fraction of sp³-hybridized carbons (Fsp3) is 0. The molecule has 0 fully saturated rings. The fourth-order valence-electron chi connectivity index (χ4n) is 0.675. The maximum atomic E-state index is 10.7. The van der Waals surface area contributed by atoms with Crippen molar-refractivity contribution >= 4 is 67.8 Å². The molecule has 0 saturated heterocycles. The van der Waals surface area contributed by atoms with E-state index >= 15 is 0 Å². The van der Waals surface area contributed by atoms with Gasteiger partial charge in [0.05, 0.1) is 0 Å². The van der Waals surface area contributed by atoms with Crippen molar-refractivity contribution in [2.75, 3.05) is 0 Å². The van der Waals surface area contributed by atoms with Crippen LogP contribution in [0.5, 0.6) is 0 Å². The van der Waals surface area contributed by atoms with Gasteiger partial charge in [0.2, 0.25) is 0 Å². The molecule has 7 heteroatoms. The van der Waals surface area contributed by atoms with Crippen molar-refractivity contribution in [1.82, 2.24) is 0 Å². The molecule has 0 amide bonds. The van der Waals surface area contributed by atoms with Crippen LogP contribution in [-0.2, 0) is 10.1 Å². The van der Waals surface area contributed by atoms with E-state index in [1.165, 1.54) is 12.1 Å². The van der Waals surface area contributed by atoms with E-state index in [2.05, 4.69) is 31.9 Å². The zero-order valence-electron chi connectivity index (χ0n) is 6.24. The normalized spacial score (nSPS) is 10.7. The van der Waals surface area contributed by atoms with Gasteiger partial charge >= 0.3 is 0 Å². The van der Waals surface area contributed by atoms with E-state index in [4.69, 9.17) is 4.55 Å². The topological polar surface area (TPSA) is 54.4 Å². The Morgan fingerprint density at radius 2 is 1.77 bits per heavy atom. The minimum atomic E-state index is -4.13. The number of hydrogen-bond donors (Lipinski definition) is 1.